The van der Waals surface area contributed by atoms with Gasteiger partial charge in [0.2, 0.25) is 11.0 Å². The maximum Gasteiger partial charge on any atom is 0.230 e. The molecule has 110 valence electrons. The van der Waals surface area contributed by atoms with Gasteiger partial charge in [0.05, 0.1) is 13.5 Å². The van der Waals surface area contributed by atoms with E-state index in [-0.39, 0.29) is 5.91 Å². The second kappa shape index (κ2) is 6.22. The van der Waals surface area contributed by atoms with Gasteiger partial charge in [-0.15, -0.1) is 10.2 Å². The van der Waals surface area contributed by atoms with E-state index in [4.69, 9.17) is 4.74 Å². The van der Waals surface area contributed by atoms with Crippen molar-refractivity contribution in [2.45, 2.75) is 31.6 Å². The fourth-order valence-electron chi connectivity index (χ4n) is 2.20. The summed E-state index contributed by atoms with van der Waals surface area (Å²) >= 11 is 1.49. The molecule has 5 nitrogen and oxygen atoms in total. The fourth-order valence-corrected chi connectivity index (χ4v) is 3.13. The third-order valence-corrected chi connectivity index (χ3v) is 4.67. The summed E-state index contributed by atoms with van der Waals surface area (Å²) in [6.07, 6.45) is 3.97. The van der Waals surface area contributed by atoms with E-state index in [0.29, 0.717) is 17.5 Å². The molecule has 1 aliphatic rings. The Morgan fingerprint density at radius 3 is 2.71 bits per heavy atom. The van der Waals surface area contributed by atoms with Gasteiger partial charge in [0.25, 0.3) is 0 Å². The molecule has 1 aliphatic carbocycles. The van der Waals surface area contributed by atoms with E-state index >= 15 is 0 Å². The van der Waals surface area contributed by atoms with E-state index in [2.05, 4.69) is 15.5 Å². The standard InChI is InChI=1S/C15H17N3O2S/c1-20-12-7-5-10(6-8-12)9-13(19)16-15-18-17-14(21-15)11-3-2-4-11/h5-8,11H,2-4,9H2,1H3,(H,16,18,19). The van der Waals surface area contributed by atoms with Gasteiger partial charge in [-0.05, 0) is 30.5 Å². The predicted molar refractivity (Wildman–Crippen MR) is 81.8 cm³/mol. The molecule has 1 fully saturated rings. The molecule has 21 heavy (non-hydrogen) atoms. The second-order valence-electron chi connectivity index (χ2n) is 5.15. The molecule has 0 aliphatic heterocycles. The molecule has 1 N–H and O–H groups in total. The minimum absolute atomic E-state index is 0.0727. The molecule has 6 heteroatoms. The van der Waals surface area contributed by atoms with Gasteiger partial charge in [-0.3, -0.25) is 4.79 Å². The van der Waals surface area contributed by atoms with Crippen LogP contribution in [0.5, 0.6) is 5.75 Å². The van der Waals surface area contributed by atoms with Gasteiger partial charge in [0.1, 0.15) is 10.8 Å². The van der Waals surface area contributed by atoms with Crippen LogP contribution in [0.1, 0.15) is 35.8 Å². The zero-order chi connectivity index (χ0) is 14.7. The lowest BCUT2D eigenvalue weighted by Crippen LogP contribution is -2.14. The molecular weight excluding hydrogens is 286 g/mol. The number of nitrogens with zero attached hydrogens (tertiary/aromatic N) is 2. The monoisotopic (exact) mass is 303 g/mol. The lowest BCUT2D eigenvalue weighted by molar-refractivity contribution is -0.115. The van der Waals surface area contributed by atoms with Gasteiger partial charge >= 0.3 is 0 Å². The lowest BCUT2D eigenvalue weighted by Gasteiger charge is -2.21. The van der Waals surface area contributed by atoms with Crippen molar-refractivity contribution >= 4 is 22.4 Å². The van der Waals surface area contributed by atoms with E-state index in [1.165, 1.54) is 30.6 Å². The van der Waals surface area contributed by atoms with Crippen molar-refractivity contribution in [3.63, 3.8) is 0 Å². The van der Waals surface area contributed by atoms with Gasteiger partial charge in [0.15, 0.2) is 0 Å². The molecule has 1 amide bonds. The highest BCUT2D eigenvalue weighted by molar-refractivity contribution is 7.15. The number of nitrogens with one attached hydrogen (secondary N) is 1. The number of anilines is 1. The Hall–Kier alpha value is -1.95. The fraction of sp³-hybridized carbons (Fsp3) is 0.400. The number of amides is 1. The Kier molecular flexibility index (Phi) is 4.15. The van der Waals surface area contributed by atoms with Gasteiger partial charge in [0, 0.05) is 5.92 Å². The highest BCUT2D eigenvalue weighted by Gasteiger charge is 2.23. The first-order valence-electron chi connectivity index (χ1n) is 7.01. The molecule has 0 bridgehead atoms. The quantitative estimate of drug-likeness (QED) is 0.922. The van der Waals surface area contributed by atoms with E-state index in [1.807, 2.05) is 24.3 Å². The molecule has 2 aromatic rings. The van der Waals surface area contributed by atoms with Gasteiger partial charge in [-0.1, -0.05) is 29.9 Å². The Morgan fingerprint density at radius 1 is 1.33 bits per heavy atom. The number of carbonyl (C=O) groups is 1. The molecule has 1 heterocycles. The summed E-state index contributed by atoms with van der Waals surface area (Å²) in [6, 6.07) is 7.47. The van der Waals surface area contributed by atoms with E-state index in [1.54, 1.807) is 7.11 Å². The number of rotatable bonds is 5. The summed E-state index contributed by atoms with van der Waals surface area (Å²) in [6.45, 7) is 0. The van der Waals surface area contributed by atoms with Crippen molar-refractivity contribution in [3.05, 3.63) is 34.8 Å². The predicted octanol–water partition coefficient (Wildman–Crippen LogP) is 3.00. The highest BCUT2D eigenvalue weighted by atomic mass is 32.1. The van der Waals surface area contributed by atoms with Crippen molar-refractivity contribution in [1.82, 2.24) is 10.2 Å². The van der Waals surface area contributed by atoms with Crippen LogP contribution in [-0.4, -0.2) is 23.2 Å². The SMILES string of the molecule is COc1ccc(CC(=O)Nc2nnc(C3CCC3)s2)cc1. The summed E-state index contributed by atoms with van der Waals surface area (Å²) in [5.41, 5.74) is 0.942. The Balaban J connectivity index is 1.56. The normalized spacial score (nSPS) is 14.5. The van der Waals surface area contributed by atoms with E-state index in [0.717, 1.165) is 16.3 Å². The largest absolute Gasteiger partial charge is 0.497 e. The molecule has 1 aromatic carbocycles. The minimum atomic E-state index is -0.0727. The van der Waals surface area contributed by atoms with Crippen molar-refractivity contribution in [2.75, 3.05) is 12.4 Å². The van der Waals surface area contributed by atoms with Crippen LogP contribution in [0.2, 0.25) is 0 Å². The molecule has 1 saturated carbocycles. The minimum Gasteiger partial charge on any atom is -0.497 e. The summed E-state index contributed by atoms with van der Waals surface area (Å²) in [4.78, 5) is 12.0. The smallest absolute Gasteiger partial charge is 0.230 e. The molecule has 0 atom stereocenters. The maximum absolute atomic E-state index is 12.0. The molecule has 3 rings (SSSR count). The summed E-state index contributed by atoms with van der Waals surface area (Å²) < 4.78 is 5.09. The number of hydrogen-bond donors (Lipinski definition) is 1. The van der Waals surface area contributed by atoms with Crippen LogP contribution < -0.4 is 10.1 Å². The molecule has 0 unspecified atom stereocenters. The number of methoxy groups -OCH3 is 1. The second-order valence-corrected chi connectivity index (χ2v) is 6.16. The van der Waals surface area contributed by atoms with Gasteiger partial charge in [-0.25, -0.2) is 0 Å². The maximum atomic E-state index is 12.0. The van der Waals surface area contributed by atoms with Crippen molar-refractivity contribution in [2.24, 2.45) is 0 Å². The van der Waals surface area contributed by atoms with Crippen LogP contribution in [0, 0.1) is 0 Å². The van der Waals surface area contributed by atoms with Crippen LogP contribution in [-0.2, 0) is 11.2 Å². The van der Waals surface area contributed by atoms with Crippen molar-refractivity contribution in [3.8, 4) is 5.75 Å². The number of hydrogen-bond acceptors (Lipinski definition) is 5. The summed E-state index contributed by atoms with van der Waals surface area (Å²) in [5.74, 6) is 1.26. The average Bonchev–Trinajstić information content (AvgIpc) is 2.85. The third-order valence-electron chi connectivity index (χ3n) is 3.67. The zero-order valence-electron chi connectivity index (χ0n) is 11.8. The highest BCUT2D eigenvalue weighted by Crippen LogP contribution is 2.38. The Bertz CT molecular complexity index is 620. The summed E-state index contributed by atoms with van der Waals surface area (Å²) in [7, 11) is 1.62. The van der Waals surface area contributed by atoms with E-state index < -0.39 is 0 Å². The average molecular weight is 303 g/mol. The Labute approximate surface area is 127 Å². The third kappa shape index (κ3) is 3.39. The number of carbonyl (C=O) groups excluding carboxylic acids is 1. The lowest BCUT2D eigenvalue weighted by atomic mass is 9.86. The van der Waals surface area contributed by atoms with Crippen LogP contribution in [0.4, 0.5) is 5.13 Å². The number of aromatic nitrogens is 2. The van der Waals surface area contributed by atoms with Crippen LogP contribution in [0.25, 0.3) is 0 Å². The van der Waals surface area contributed by atoms with Crippen molar-refractivity contribution < 1.29 is 9.53 Å². The molecule has 0 saturated heterocycles. The van der Waals surface area contributed by atoms with Gasteiger partial charge in [-0.2, -0.15) is 0 Å². The number of ether oxygens (including phenoxy) is 1. The molecule has 0 radical (unpaired) electrons. The Morgan fingerprint density at radius 2 is 2.10 bits per heavy atom. The molecular formula is C15H17N3O2S. The first-order chi connectivity index (χ1) is 10.2. The zero-order valence-corrected chi connectivity index (χ0v) is 12.7. The first kappa shape index (κ1) is 14.0. The molecule has 1 aromatic heterocycles. The van der Waals surface area contributed by atoms with Gasteiger partial charge < -0.3 is 10.1 Å². The van der Waals surface area contributed by atoms with E-state index in [9.17, 15) is 4.79 Å². The number of benzene rings is 1. The van der Waals surface area contributed by atoms with Crippen LogP contribution in [0.15, 0.2) is 24.3 Å². The summed E-state index contributed by atoms with van der Waals surface area (Å²) in [5, 5.41) is 12.7. The first-order valence-corrected chi connectivity index (χ1v) is 7.82. The molecule has 0 spiro atoms. The van der Waals surface area contributed by atoms with Crippen molar-refractivity contribution in [1.29, 1.82) is 0 Å². The van der Waals surface area contributed by atoms with Crippen LogP contribution in [0.3, 0.4) is 0 Å². The topological polar surface area (TPSA) is 64.1 Å². The van der Waals surface area contributed by atoms with Crippen LogP contribution >= 0.6 is 11.3 Å².